The number of nitrogens with zero attached hydrogens (tertiary/aromatic N) is 7. The van der Waals surface area contributed by atoms with Gasteiger partial charge in [-0.05, 0) is 55.6 Å². The summed E-state index contributed by atoms with van der Waals surface area (Å²) in [6.45, 7) is 4.77. The second-order valence-corrected chi connectivity index (χ2v) is 11.4. The maximum Gasteiger partial charge on any atom is 0.227 e. The summed E-state index contributed by atoms with van der Waals surface area (Å²) in [6.07, 6.45) is 10.2. The number of aromatic amines is 1. The van der Waals surface area contributed by atoms with Crippen molar-refractivity contribution in [1.29, 1.82) is 0 Å². The molecule has 238 valence electrons. The van der Waals surface area contributed by atoms with Gasteiger partial charge in [0.25, 0.3) is 0 Å². The van der Waals surface area contributed by atoms with Crippen molar-refractivity contribution in [2.75, 3.05) is 39.9 Å². The first-order valence-corrected chi connectivity index (χ1v) is 15.8. The SMILES string of the molecule is COc1ccc2cc1OCCCN(C(=O)Cc1cccnc1)CCCCN(Cc1n[nH]nc1-c1ccccc1)CCn1ccnc1-2. The Morgan fingerprint density at radius 1 is 0.913 bits per heavy atom. The van der Waals surface area contributed by atoms with Crippen LogP contribution in [0.4, 0.5) is 0 Å². The molecule has 0 saturated carbocycles. The van der Waals surface area contributed by atoms with Gasteiger partial charge >= 0.3 is 0 Å². The predicted octanol–water partition coefficient (Wildman–Crippen LogP) is 4.88. The van der Waals surface area contributed by atoms with Gasteiger partial charge in [0.1, 0.15) is 17.2 Å². The van der Waals surface area contributed by atoms with Gasteiger partial charge in [0.15, 0.2) is 11.5 Å². The van der Waals surface area contributed by atoms with Crippen LogP contribution >= 0.6 is 0 Å². The van der Waals surface area contributed by atoms with Gasteiger partial charge in [-0.1, -0.05) is 36.4 Å². The number of nitrogens with one attached hydrogen (secondary N) is 1. The minimum absolute atomic E-state index is 0.0999. The van der Waals surface area contributed by atoms with Crippen molar-refractivity contribution in [1.82, 2.24) is 39.7 Å². The molecular weight excluding hydrogens is 580 g/mol. The molecule has 6 rings (SSSR count). The summed E-state index contributed by atoms with van der Waals surface area (Å²) in [5.74, 6) is 2.30. The average Bonchev–Trinajstić information content (AvgIpc) is 3.76. The van der Waals surface area contributed by atoms with Crippen LogP contribution in [-0.4, -0.2) is 85.5 Å². The van der Waals surface area contributed by atoms with E-state index in [0.29, 0.717) is 50.6 Å². The zero-order valence-corrected chi connectivity index (χ0v) is 26.2. The van der Waals surface area contributed by atoms with Gasteiger partial charge in [-0.3, -0.25) is 14.7 Å². The smallest absolute Gasteiger partial charge is 0.227 e. The summed E-state index contributed by atoms with van der Waals surface area (Å²) in [4.78, 5) is 26.7. The molecule has 11 heteroatoms. The summed E-state index contributed by atoms with van der Waals surface area (Å²) in [7, 11) is 1.64. The molecule has 4 heterocycles. The van der Waals surface area contributed by atoms with E-state index in [9.17, 15) is 4.79 Å². The number of amides is 1. The Hall–Kier alpha value is -5.03. The molecule has 2 aromatic carbocycles. The predicted molar refractivity (Wildman–Crippen MR) is 175 cm³/mol. The van der Waals surface area contributed by atoms with Gasteiger partial charge in [0, 0.05) is 68.6 Å². The molecule has 1 aliphatic heterocycles. The third kappa shape index (κ3) is 7.78. The van der Waals surface area contributed by atoms with E-state index < -0.39 is 0 Å². The molecule has 3 aromatic heterocycles. The number of pyridine rings is 1. The lowest BCUT2D eigenvalue weighted by atomic mass is 10.1. The summed E-state index contributed by atoms with van der Waals surface area (Å²) < 4.78 is 14.0. The maximum atomic E-state index is 13.4. The lowest BCUT2D eigenvalue weighted by Crippen LogP contribution is -2.35. The highest BCUT2D eigenvalue weighted by molar-refractivity contribution is 5.78. The minimum atomic E-state index is 0.0999. The first-order valence-electron chi connectivity index (χ1n) is 15.8. The molecule has 11 nitrogen and oxygen atoms in total. The molecule has 0 aliphatic carbocycles. The number of carbonyl (C=O) groups excluding carboxylic acids is 1. The zero-order chi connectivity index (χ0) is 31.6. The molecule has 1 N–H and O–H groups in total. The van der Waals surface area contributed by atoms with Crippen molar-refractivity contribution in [3.63, 3.8) is 0 Å². The molecular formula is C35H40N8O3. The van der Waals surface area contributed by atoms with E-state index in [-0.39, 0.29) is 5.91 Å². The highest BCUT2D eigenvalue weighted by atomic mass is 16.5. The number of methoxy groups -OCH3 is 1. The third-order valence-corrected chi connectivity index (χ3v) is 8.25. The van der Waals surface area contributed by atoms with Crippen molar-refractivity contribution in [2.24, 2.45) is 0 Å². The normalized spacial score (nSPS) is 15.0. The Kier molecular flexibility index (Phi) is 10.3. The van der Waals surface area contributed by atoms with Gasteiger partial charge < -0.3 is 18.9 Å². The first kappa shape index (κ1) is 31.0. The Morgan fingerprint density at radius 2 is 1.78 bits per heavy atom. The molecule has 0 saturated heterocycles. The lowest BCUT2D eigenvalue weighted by Gasteiger charge is -2.25. The van der Waals surface area contributed by atoms with Crippen LogP contribution in [-0.2, 0) is 24.3 Å². The highest BCUT2D eigenvalue weighted by Gasteiger charge is 2.19. The quantitative estimate of drug-likeness (QED) is 0.286. The number of hydrogen-bond acceptors (Lipinski definition) is 8. The molecule has 0 atom stereocenters. The van der Waals surface area contributed by atoms with Gasteiger partial charge in [-0.25, -0.2) is 4.98 Å². The standard InChI is InChI=1S/C35H40N8O3/c1-45-31-13-12-29-24-32(31)46-22-8-18-42(33(44)23-27-9-7-14-36-25-27)17-6-5-16-41(20-21-43-19-15-37-35(29)43)26-30-34(39-40-38-30)28-10-3-2-4-11-28/h2-4,7,9-15,19,24-25H,5-6,8,16-18,20-23,26H2,1H3,(H,38,39,40). The third-order valence-electron chi connectivity index (χ3n) is 8.25. The van der Waals surface area contributed by atoms with E-state index in [1.54, 1.807) is 19.5 Å². The Bertz CT molecular complexity index is 1690. The van der Waals surface area contributed by atoms with Crippen molar-refractivity contribution in [3.05, 3.63) is 96.7 Å². The summed E-state index contributed by atoms with van der Waals surface area (Å²) in [5.41, 5.74) is 4.68. The summed E-state index contributed by atoms with van der Waals surface area (Å²) >= 11 is 0. The fourth-order valence-electron chi connectivity index (χ4n) is 5.83. The van der Waals surface area contributed by atoms with Crippen LogP contribution in [0, 0.1) is 0 Å². The fraction of sp³-hybridized carbons (Fsp3) is 0.343. The Labute approximate surface area is 269 Å². The fourth-order valence-corrected chi connectivity index (χ4v) is 5.83. The Morgan fingerprint density at radius 3 is 2.63 bits per heavy atom. The van der Waals surface area contributed by atoms with E-state index in [1.807, 2.05) is 65.8 Å². The number of ether oxygens (including phenoxy) is 2. The number of aromatic nitrogens is 6. The number of carbonyl (C=O) groups is 1. The van der Waals surface area contributed by atoms with E-state index in [0.717, 1.165) is 66.4 Å². The van der Waals surface area contributed by atoms with Crippen molar-refractivity contribution >= 4 is 5.91 Å². The molecule has 0 fully saturated rings. The average molecular weight is 621 g/mol. The van der Waals surface area contributed by atoms with Crippen LogP contribution in [0.1, 0.15) is 30.5 Å². The van der Waals surface area contributed by atoms with Gasteiger partial charge in [-0.15, -0.1) is 0 Å². The molecule has 0 unspecified atom stereocenters. The molecule has 46 heavy (non-hydrogen) atoms. The molecule has 2 bridgehead atoms. The number of benzene rings is 2. The molecule has 0 radical (unpaired) electrons. The van der Waals surface area contributed by atoms with Crippen LogP contribution in [0.2, 0.25) is 0 Å². The summed E-state index contributed by atoms with van der Waals surface area (Å²) in [5, 5.41) is 11.9. The number of hydrogen-bond donors (Lipinski definition) is 1. The van der Waals surface area contributed by atoms with Crippen LogP contribution in [0.15, 0.2) is 85.5 Å². The topological polar surface area (TPSA) is 114 Å². The highest BCUT2D eigenvalue weighted by Crippen LogP contribution is 2.32. The second-order valence-electron chi connectivity index (χ2n) is 11.4. The second kappa shape index (κ2) is 15.3. The Balaban J connectivity index is 1.24. The minimum Gasteiger partial charge on any atom is -0.493 e. The van der Waals surface area contributed by atoms with E-state index in [1.165, 1.54) is 0 Å². The molecule has 0 spiro atoms. The summed E-state index contributed by atoms with van der Waals surface area (Å²) in [6, 6.07) is 19.9. The number of imidazole rings is 1. The molecule has 1 aliphatic rings. The van der Waals surface area contributed by atoms with Crippen LogP contribution < -0.4 is 9.47 Å². The van der Waals surface area contributed by atoms with E-state index in [4.69, 9.17) is 14.5 Å². The first-order chi connectivity index (χ1) is 22.7. The van der Waals surface area contributed by atoms with Crippen molar-refractivity contribution in [2.45, 2.75) is 38.8 Å². The van der Waals surface area contributed by atoms with Gasteiger partial charge in [0.2, 0.25) is 5.91 Å². The number of rotatable bonds is 6. The lowest BCUT2D eigenvalue weighted by molar-refractivity contribution is -0.130. The van der Waals surface area contributed by atoms with Crippen LogP contribution in [0.5, 0.6) is 11.5 Å². The van der Waals surface area contributed by atoms with E-state index in [2.05, 4.69) is 42.0 Å². The van der Waals surface area contributed by atoms with Crippen LogP contribution in [0.25, 0.3) is 22.6 Å². The van der Waals surface area contributed by atoms with Gasteiger partial charge in [0.05, 0.1) is 20.1 Å². The molecule has 5 aromatic rings. The number of fused-ring (bicyclic) bond motifs is 4. The van der Waals surface area contributed by atoms with Crippen molar-refractivity contribution in [3.8, 4) is 34.1 Å². The largest absolute Gasteiger partial charge is 0.493 e. The molecule has 1 amide bonds. The number of H-pyrrole nitrogens is 1. The van der Waals surface area contributed by atoms with Crippen molar-refractivity contribution < 1.29 is 14.3 Å². The van der Waals surface area contributed by atoms with E-state index >= 15 is 0 Å². The maximum absolute atomic E-state index is 13.4. The monoisotopic (exact) mass is 620 g/mol. The zero-order valence-electron chi connectivity index (χ0n) is 26.2. The van der Waals surface area contributed by atoms with Crippen LogP contribution in [0.3, 0.4) is 0 Å². The van der Waals surface area contributed by atoms with Gasteiger partial charge in [-0.2, -0.15) is 15.4 Å².